The van der Waals surface area contributed by atoms with E-state index in [1.54, 1.807) is 18.7 Å². The average Bonchev–Trinajstić information content (AvgIpc) is 2.71. The van der Waals surface area contributed by atoms with E-state index in [0.717, 1.165) is 12.1 Å². The standard InChI is InChI=1S/C22H28F2N4O4/c1-13(2)30-19-10-16(23)18(9-17(19)24)27-20-11-21(26-12-25-20)32-15-5-7-28(8-6-15)22(29)31-14(3)4/h9-15H,5-8H2,1-4H3,(H,25,26,27). The lowest BCUT2D eigenvalue weighted by Gasteiger charge is -2.31. The van der Waals surface area contributed by atoms with E-state index in [9.17, 15) is 13.6 Å². The molecule has 0 saturated carbocycles. The van der Waals surface area contributed by atoms with Crippen molar-refractivity contribution in [3.8, 4) is 11.6 Å². The summed E-state index contributed by atoms with van der Waals surface area (Å²) in [5.74, 6) is -0.965. The Morgan fingerprint density at radius 1 is 1.06 bits per heavy atom. The summed E-state index contributed by atoms with van der Waals surface area (Å²) in [6.07, 6.45) is 1.61. The van der Waals surface area contributed by atoms with E-state index in [4.69, 9.17) is 14.2 Å². The Bertz CT molecular complexity index is 934. The number of benzene rings is 1. The van der Waals surface area contributed by atoms with Gasteiger partial charge in [-0.2, -0.15) is 0 Å². The van der Waals surface area contributed by atoms with Gasteiger partial charge in [-0.1, -0.05) is 0 Å². The second kappa shape index (κ2) is 10.4. The van der Waals surface area contributed by atoms with Gasteiger partial charge in [-0.25, -0.2) is 23.5 Å². The smallest absolute Gasteiger partial charge is 0.410 e. The second-order valence-electron chi connectivity index (χ2n) is 8.03. The van der Waals surface area contributed by atoms with Crippen molar-refractivity contribution in [1.29, 1.82) is 0 Å². The zero-order valence-electron chi connectivity index (χ0n) is 18.6. The third kappa shape index (κ3) is 6.41. The SMILES string of the molecule is CC(C)OC(=O)N1CCC(Oc2cc(Nc3cc(F)c(OC(C)C)cc3F)ncn2)CC1. The molecule has 0 unspecified atom stereocenters. The fraction of sp³-hybridized carbons (Fsp3) is 0.500. The Labute approximate surface area is 185 Å². The molecule has 174 valence electrons. The van der Waals surface area contributed by atoms with Crippen molar-refractivity contribution in [3.05, 3.63) is 36.2 Å². The molecule has 10 heteroatoms. The number of aromatic nitrogens is 2. The largest absolute Gasteiger partial charge is 0.488 e. The number of anilines is 2. The summed E-state index contributed by atoms with van der Waals surface area (Å²) in [5, 5.41) is 2.74. The van der Waals surface area contributed by atoms with Gasteiger partial charge in [-0.15, -0.1) is 0 Å². The molecule has 1 aliphatic rings. The first-order valence-electron chi connectivity index (χ1n) is 10.6. The summed E-state index contributed by atoms with van der Waals surface area (Å²) in [5.41, 5.74) is -0.0831. The Hall–Kier alpha value is -3.17. The van der Waals surface area contributed by atoms with Gasteiger partial charge >= 0.3 is 6.09 Å². The van der Waals surface area contributed by atoms with Gasteiger partial charge in [0.2, 0.25) is 5.88 Å². The lowest BCUT2D eigenvalue weighted by atomic mass is 10.1. The molecule has 8 nitrogen and oxygen atoms in total. The van der Waals surface area contributed by atoms with E-state index in [2.05, 4.69) is 15.3 Å². The van der Waals surface area contributed by atoms with Gasteiger partial charge in [0, 0.05) is 44.1 Å². The molecule has 0 atom stereocenters. The van der Waals surface area contributed by atoms with E-state index in [1.165, 1.54) is 12.4 Å². The lowest BCUT2D eigenvalue weighted by molar-refractivity contribution is 0.0507. The van der Waals surface area contributed by atoms with Gasteiger partial charge in [-0.3, -0.25) is 0 Å². The number of hydrogen-bond acceptors (Lipinski definition) is 7. The van der Waals surface area contributed by atoms with Crippen molar-refractivity contribution in [3.63, 3.8) is 0 Å². The predicted octanol–water partition coefficient (Wildman–Crippen LogP) is 4.67. The topological polar surface area (TPSA) is 85.8 Å². The number of carbonyl (C=O) groups is 1. The van der Waals surface area contributed by atoms with Crippen LogP contribution >= 0.6 is 0 Å². The van der Waals surface area contributed by atoms with Crippen LogP contribution in [-0.4, -0.2) is 52.4 Å². The highest BCUT2D eigenvalue weighted by molar-refractivity contribution is 5.67. The molecule has 1 aliphatic heterocycles. The monoisotopic (exact) mass is 450 g/mol. The highest BCUT2D eigenvalue weighted by Gasteiger charge is 2.25. The van der Waals surface area contributed by atoms with Crippen LogP contribution < -0.4 is 14.8 Å². The third-order valence-corrected chi connectivity index (χ3v) is 4.61. The number of amides is 1. The van der Waals surface area contributed by atoms with Crippen molar-refractivity contribution in [1.82, 2.24) is 14.9 Å². The maximum absolute atomic E-state index is 14.4. The number of ether oxygens (including phenoxy) is 3. The quantitative estimate of drug-likeness (QED) is 0.656. The summed E-state index contributed by atoms with van der Waals surface area (Å²) in [7, 11) is 0. The number of rotatable bonds is 7. The van der Waals surface area contributed by atoms with Gasteiger partial charge in [0.1, 0.15) is 18.2 Å². The minimum absolute atomic E-state index is 0.0831. The van der Waals surface area contributed by atoms with Crippen LogP contribution in [0, 0.1) is 11.6 Å². The molecule has 0 bridgehead atoms. The zero-order chi connectivity index (χ0) is 23.3. The summed E-state index contributed by atoms with van der Waals surface area (Å²) in [6.45, 7) is 8.11. The summed E-state index contributed by atoms with van der Waals surface area (Å²) < 4.78 is 45.0. The molecule has 2 aromatic rings. The first-order valence-corrected chi connectivity index (χ1v) is 10.6. The molecule has 0 aliphatic carbocycles. The van der Waals surface area contributed by atoms with Crippen molar-refractivity contribution in [2.45, 2.75) is 58.8 Å². The van der Waals surface area contributed by atoms with Crippen LogP contribution in [0.5, 0.6) is 11.6 Å². The van der Waals surface area contributed by atoms with E-state index >= 15 is 0 Å². The number of likely N-dealkylation sites (tertiary alicyclic amines) is 1. The van der Waals surface area contributed by atoms with Crippen molar-refractivity contribution < 1.29 is 27.8 Å². The second-order valence-corrected chi connectivity index (χ2v) is 8.03. The van der Waals surface area contributed by atoms with Gasteiger partial charge in [0.05, 0.1) is 17.9 Å². The van der Waals surface area contributed by atoms with Gasteiger partial charge in [-0.05, 0) is 27.7 Å². The first-order chi connectivity index (χ1) is 15.2. The first kappa shape index (κ1) is 23.5. The molecular formula is C22H28F2N4O4. The number of halogens is 2. The highest BCUT2D eigenvalue weighted by Crippen LogP contribution is 2.28. The van der Waals surface area contributed by atoms with Crippen LogP contribution in [0.3, 0.4) is 0 Å². The minimum atomic E-state index is -0.684. The fourth-order valence-corrected chi connectivity index (χ4v) is 3.18. The number of nitrogens with one attached hydrogen (secondary N) is 1. The molecule has 32 heavy (non-hydrogen) atoms. The van der Waals surface area contributed by atoms with Crippen LogP contribution in [0.1, 0.15) is 40.5 Å². The van der Waals surface area contributed by atoms with E-state index in [0.29, 0.717) is 31.8 Å². The Kier molecular flexibility index (Phi) is 7.66. The molecule has 1 N–H and O–H groups in total. The van der Waals surface area contributed by atoms with Crippen LogP contribution in [0.4, 0.5) is 25.1 Å². The summed E-state index contributed by atoms with van der Waals surface area (Å²) in [4.78, 5) is 21.8. The van der Waals surface area contributed by atoms with Gasteiger partial charge < -0.3 is 24.4 Å². The Balaban J connectivity index is 1.60. The molecule has 0 spiro atoms. The predicted molar refractivity (Wildman–Crippen MR) is 114 cm³/mol. The van der Waals surface area contributed by atoms with Gasteiger partial charge in [0.15, 0.2) is 17.4 Å². The number of piperidine rings is 1. The Morgan fingerprint density at radius 3 is 2.44 bits per heavy atom. The molecule has 1 saturated heterocycles. The molecular weight excluding hydrogens is 422 g/mol. The van der Waals surface area contributed by atoms with Crippen molar-refractivity contribution >= 4 is 17.6 Å². The fourth-order valence-electron chi connectivity index (χ4n) is 3.18. The molecule has 3 rings (SSSR count). The Morgan fingerprint density at radius 2 is 1.78 bits per heavy atom. The molecule has 1 aromatic carbocycles. The minimum Gasteiger partial charge on any atom is -0.488 e. The van der Waals surface area contributed by atoms with E-state index in [-0.39, 0.29) is 41.7 Å². The lowest BCUT2D eigenvalue weighted by Crippen LogP contribution is -2.42. The van der Waals surface area contributed by atoms with Crippen LogP contribution in [0.15, 0.2) is 24.5 Å². The molecule has 1 amide bonds. The van der Waals surface area contributed by atoms with E-state index < -0.39 is 11.6 Å². The maximum Gasteiger partial charge on any atom is 0.410 e. The number of nitrogens with zero attached hydrogens (tertiary/aromatic N) is 3. The van der Waals surface area contributed by atoms with Crippen LogP contribution in [-0.2, 0) is 4.74 Å². The highest BCUT2D eigenvalue weighted by atomic mass is 19.1. The molecule has 0 radical (unpaired) electrons. The average molecular weight is 450 g/mol. The molecule has 2 heterocycles. The summed E-state index contributed by atoms with van der Waals surface area (Å²) in [6, 6.07) is 3.52. The van der Waals surface area contributed by atoms with Crippen molar-refractivity contribution in [2.75, 3.05) is 18.4 Å². The van der Waals surface area contributed by atoms with Gasteiger partial charge in [0.25, 0.3) is 0 Å². The number of hydrogen-bond donors (Lipinski definition) is 1. The molecule has 1 fully saturated rings. The summed E-state index contributed by atoms with van der Waals surface area (Å²) >= 11 is 0. The maximum atomic E-state index is 14.4. The zero-order valence-corrected chi connectivity index (χ0v) is 18.6. The molecule has 1 aromatic heterocycles. The number of carbonyl (C=O) groups excluding carboxylic acids is 1. The third-order valence-electron chi connectivity index (χ3n) is 4.61. The van der Waals surface area contributed by atoms with Crippen LogP contribution in [0.25, 0.3) is 0 Å². The van der Waals surface area contributed by atoms with Crippen molar-refractivity contribution in [2.24, 2.45) is 0 Å². The normalized spacial score (nSPS) is 14.6. The van der Waals surface area contributed by atoms with Crippen LogP contribution in [0.2, 0.25) is 0 Å². The van der Waals surface area contributed by atoms with E-state index in [1.807, 2.05) is 13.8 Å².